The van der Waals surface area contributed by atoms with E-state index in [1.54, 1.807) is 11.8 Å². The third kappa shape index (κ3) is 2.41. The van der Waals surface area contributed by atoms with Crippen LogP contribution in [0.2, 0.25) is 0 Å². The Hall–Kier alpha value is -1.56. The van der Waals surface area contributed by atoms with E-state index in [9.17, 15) is 13.6 Å². The number of halogens is 2. The van der Waals surface area contributed by atoms with Gasteiger partial charge in [0.2, 0.25) is 5.91 Å². The number of aromatic nitrogens is 1. The molecule has 3 heterocycles. The minimum atomic E-state index is -2.57. The molecule has 1 atom stereocenters. The van der Waals surface area contributed by atoms with E-state index < -0.39 is 6.43 Å². The zero-order valence-corrected chi connectivity index (χ0v) is 12.2. The summed E-state index contributed by atoms with van der Waals surface area (Å²) in [7, 11) is 0. The Morgan fingerprint density at radius 3 is 2.71 bits per heavy atom. The van der Waals surface area contributed by atoms with E-state index in [4.69, 9.17) is 0 Å². The number of nitrogens with one attached hydrogen (secondary N) is 1. The predicted octanol–water partition coefficient (Wildman–Crippen LogP) is 2.09. The minimum absolute atomic E-state index is 0.00952. The summed E-state index contributed by atoms with van der Waals surface area (Å²) < 4.78 is 26.1. The lowest BCUT2D eigenvalue weighted by Gasteiger charge is -2.19. The van der Waals surface area contributed by atoms with Crippen molar-refractivity contribution in [3.8, 4) is 0 Å². The molecule has 0 aromatic carbocycles. The molecular weight excluding hydrogens is 276 g/mol. The molecule has 0 unspecified atom stereocenters. The lowest BCUT2D eigenvalue weighted by Crippen LogP contribution is -2.33. The molecule has 0 radical (unpaired) electrons. The number of nitrogens with zero attached hydrogens (tertiary/aromatic N) is 2. The van der Waals surface area contributed by atoms with Crippen LogP contribution >= 0.6 is 0 Å². The number of alkyl halides is 2. The Balaban J connectivity index is 1.87. The topological polar surface area (TPSA) is 45.2 Å². The normalized spacial score (nSPS) is 21.2. The molecule has 21 heavy (non-hydrogen) atoms. The number of hydrogen-bond donors (Lipinski definition) is 1. The van der Waals surface area contributed by atoms with E-state index in [1.807, 2.05) is 6.92 Å². The van der Waals surface area contributed by atoms with Gasteiger partial charge in [0.25, 0.3) is 6.43 Å². The van der Waals surface area contributed by atoms with Gasteiger partial charge in [-0.15, -0.1) is 0 Å². The maximum atomic E-state index is 13.0. The first kappa shape index (κ1) is 14.4. The molecular formula is C15H19F2N3O. The number of carbonyl (C=O) groups excluding carboxylic acids is 1. The molecule has 3 rings (SSSR count). The molecule has 0 aliphatic carbocycles. The van der Waals surface area contributed by atoms with Gasteiger partial charge < -0.3 is 10.2 Å². The summed E-state index contributed by atoms with van der Waals surface area (Å²) in [4.78, 5) is 18.3. The summed E-state index contributed by atoms with van der Waals surface area (Å²) in [5.41, 5.74) is 2.81. The van der Waals surface area contributed by atoms with Gasteiger partial charge in [-0.25, -0.2) is 13.8 Å². The first-order valence-electron chi connectivity index (χ1n) is 7.25. The largest absolute Gasteiger partial charge is 0.332 e. The van der Waals surface area contributed by atoms with Crippen LogP contribution in [0, 0.1) is 19.8 Å². The molecule has 1 amide bonds. The Labute approximate surface area is 122 Å². The average Bonchev–Trinajstić information content (AvgIpc) is 3.10. The maximum absolute atomic E-state index is 13.0. The second kappa shape index (κ2) is 5.33. The van der Waals surface area contributed by atoms with Crippen LogP contribution in [0.15, 0.2) is 0 Å². The summed E-state index contributed by atoms with van der Waals surface area (Å²) in [5, 5.41) is 3.18. The molecule has 0 bridgehead atoms. The van der Waals surface area contributed by atoms with Crippen molar-refractivity contribution in [3.63, 3.8) is 0 Å². The van der Waals surface area contributed by atoms with Crippen LogP contribution in [0.5, 0.6) is 0 Å². The number of carbonyl (C=O) groups is 1. The SMILES string of the molecule is Cc1c(C(F)F)nc2c(c1C)CN(C(=O)[C@@H]1CCNC1)C2. The summed E-state index contributed by atoms with van der Waals surface area (Å²) in [6.45, 7) is 5.93. The van der Waals surface area contributed by atoms with Crippen molar-refractivity contribution in [1.82, 2.24) is 15.2 Å². The molecule has 4 nitrogen and oxygen atoms in total. The summed E-state index contributed by atoms with van der Waals surface area (Å²) >= 11 is 0. The highest BCUT2D eigenvalue weighted by Gasteiger charge is 2.33. The summed E-state index contributed by atoms with van der Waals surface area (Å²) in [6.07, 6.45) is -1.72. The molecule has 1 aromatic rings. The number of hydrogen-bond acceptors (Lipinski definition) is 3. The van der Waals surface area contributed by atoms with Crippen molar-refractivity contribution in [2.75, 3.05) is 13.1 Å². The third-order valence-electron chi connectivity index (χ3n) is 4.62. The van der Waals surface area contributed by atoms with Gasteiger partial charge in [-0.1, -0.05) is 0 Å². The zero-order valence-electron chi connectivity index (χ0n) is 12.2. The van der Waals surface area contributed by atoms with Gasteiger partial charge in [0.05, 0.1) is 18.2 Å². The Morgan fingerprint density at radius 2 is 2.10 bits per heavy atom. The van der Waals surface area contributed by atoms with E-state index in [-0.39, 0.29) is 17.5 Å². The van der Waals surface area contributed by atoms with Crippen molar-refractivity contribution in [1.29, 1.82) is 0 Å². The molecule has 114 valence electrons. The van der Waals surface area contributed by atoms with E-state index in [0.29, 0.717) is 30.9 Å². The van der Waals surface area contributed by atoms with Crippen LogP contribution in [0.4, 0.5) is 8.78 Å². The monoisotopic (exact) mass is 295 g/mol. The highest BCUT2D eigenvalue weighted by atomic mass is 19.3. The van der Waals surface area contributed by atoms with Crippen molar-refractivity contribution < 1.29 is 13.6 Å². The fourth-order valence-electron chi connectivity index (χ4n) is 3.19. The lowest BCUT2D eigenvalue weighted by molar-refractivity contribution is -0.135. The first-order valence-corrected chi connectivity index (χ1v) is 7.25. The summed E-state index contributed by atoms with van der Waals surface area (Å²) in [6, 6.07) is 0. The first-order chi connectivity index (χ1) is 9.99. The Bertz CT molecular complexity index is 583. The number of amides is 1. The Morgan fingerprint density at radius 1 is 1.33 bits per heavy atom. The van der Waals surface area contributed by atoms with Crippen molar-refractivity contribution in [3.05, 3.63) is 28.1 Å². The second-order valence-electron chi connectivity index (χ2n) is 5.86. The number of pyridine rings is 1. The highest BCUT2D eigenvalue weighted by Crippen LogP contribution is 2.32. The van der Waals surface area contributed by atoms with Crippen LogP contribution in [0.3, 0.4) is 0 Å². The minimum Gasteiger partial charge on any atom is -0.332 e. The van der Waals surface area contributed by atoms with Crippen LogP contribution in [0.1, 0.15) is 40.9 Å². The van der Waals surface area contributed by atoms with Crippen LogP contribution in [-0.4, -0.2) is 28.9 Å². The van der Waals surface area contributed by atoms with Gasteiger partial charge in [0.15, 0.2) is 0 Å². The summed E-state index contributed by atoms with van der Waals surface area (Å²) in [5.74, 6) is 0.115. The fourth-order valence-corrected chi connectivity index (χ4v) is 3.19. The molecule has 1 N–H and O–H groups in total. The molecule has 0 saturated carbocycles. The quantitative estimate of drug-likeness (QED) is 0.908. The van der Waals surface area contributed by atoms with Crippen molar-refractivity contribution >= 4 is 5.91 Å². The van der Waals surface area contributed by atoms with Gasteiger partial charge in [-0.05, 0) is 43.5 Å². The third-order valence-corrected chi connectivity index (χ3v) is 4.62. The van der Waals surface area contributed by atoms with Crippen LogP contribution < -0.4 is 5.32 Å². The van der Waals surface area contributed by atoms with E-state index in [2.05, 4.69) is 10.3 Å². The molecule has 2 aliphatic rings. The predicted molar refractivity (Wildman–Crippen MR) is 73.9 cm³/mol. The van der Waals surface area contributed by atoms with Gasteiger partial charge >= 0.3 is 0 Å². The van der Waals surface area contributed by atoms with Gasteiger partial charge in [-0.3, -0.25) is 4.79 Å². The highest BCUT2D eigenvalue weighted by molar-refractivity contribution is 5.80. The Kier molecular flexibility index (Phi) is 3.65. The second-order valence-corrected chi connectivity index (χ2v) is 5.86. The molecule has 2 aliphatic heterocycles. The van der Waals surface area contributed by atoms with Gasteiger partial charge in [-0.2, -0.15) is 0 Å². The number of rotatable bonds is 2. The molecule has 1 saturated heterocycles. The zero-order chi connectivity index (χ0) is 15.1. The lowest BCUT2D eigenvalue weighted by atomic mass is 10.0. The average molecular weight is 295 g/mol. The standard InChI is InChI=1S/C15H19F2N3O/c1-8-9(2)13(14(16)17)19-12-7-20(6-11(8)12)15(21)10-3-4-18-5-10/h10,14,18H,3-7H2,1-2H3/t10-/m1/s1. The molecule has 6 heteroatoms. The fraction of sp³-hybridized carbons (Fsp3) is 0.600. The van der Waals surface area contributed by atoms with Crippen LogP contribution in [0.25, 0.3) is 0 Å². The van der Waals surface area contributed by atoms with Crippen molar-refractivity contribution in [2.45, 2.75) is 39.8 Å². The van der Waals surface area contributed by atoms with Gasteiger partial charge in [0, 0.05) is 13.1 Å². The maximum Gasteiger partial charge on any atom is 0.280 e. The molecule has 0 spiro atoms. The van der Waals surface area contributed by atoms with E-state index >= 15 is 0 Å². The van der Waals surface area contributed by atoms with Crippen molar-refractivity contribution in [2.24, 2.45) is 5.92 Å². The molecule has 1 fully saturated rings. The van der Waals surface area contributed by atoms with Crippen LogP contribution in [-0.2, 0) is 17.9 Å². The molecule has 1 aromatic heterocycles. The van der Waals surface area contributed by atoms with E-state index in [1.165, 1.54) is 0 Å². The van der Waals surface area contributed by atoms with E-state index in [0.717, 1.165) is 24.1 Å². The van der Waals surface area contributed by atoms with Gasteiger partial charge in [0.1, 0.15) is 5.69 Å². The number of fused-ring (bicyclic) bond motifs is 1. The smallest absolute Gasteiger partial charge is 0.280 e.